The second kappa shape index (κ2) is 7.06. The number of imide groups is 1. The van der Waals surface area contributed by atoms with E-state index in [1.54, 1.807) is 0 Å². The molecule has 2 aromatic rings. The molecule has 1 fully saturated rings. The molecule has 25 heavy (non-hydrogen) atoms. The summed E-state index contributed by atoms with van der Waals surface area (Å²) in [7, 11) is 1.96. The minimum Gasteiger partial charge on any atom is -0.336 e. The van der Waals surface area contributed by atoms with Crippen LogP contribution in [0.25, 0.3) is 5.69 Å². The van der Waals surface area contributed by atoms with Crippen molar-refractivity contribution >= 4 is 11.9 Å². The summed E-state index contributed by atoms with van der Waals surface area (Å²) in [5.74, 6) is -0.141. The molecule has 3 rings (SSSR count). The maximum absolute atomic E-state index is 12.3. The van der Waals surface area contributed by atoms with E-state index in [2.05, 4.69) is 10.4 Å². The normalized spacial score (nSPS) is 15.3. The summed E-state index contributed by atoms with van der Waals surface area (Å²) < 4.78 is 1.94. The number of hydrogen-bond donors (Lipinski definition) is 2. The van der Waals surface area contributed by atoms with Gasteiger partial charge in [0.25, 0.3) is 5.91 Å². The van der Waals surface area contributed by atoms with E-state index in [9.17, 15) is 9.59 Å². The number of hydrogen-bond acceptors (Lipinski definition) is 3. The number of para-hydroxylation sites is 1. The van der Waals surface area contributed by atoms with Crippen LogP contribution in [-0.2, 0) is 11.3 Å². The fraction of sp³-hybridized carbons (Fsp3) is 0.389. The van der Waals surface area contributed by atoms with Crippen LogP contribution >= 0.6 is 0 Å². The van der Waals surface area contributed by atoms with Crippen LogP contribution in [0.1, 0.15) is 17.0 Å². The third-order valence-electron chi connectivity index (χ3n) is 4.53. The lowest BCUT2D eigenvalue weighted by molar-refractivity contribution is -0.885. The highest BCUT2D eigenvalue weighted by Gasteiger charge is 2.28. The second-order valence-electron chi connectivity index (χ2n) is 6.48. The molecule has 0 spiro atoms. The first-order valence-electron chi connectivity index (χ1n) is 8.47. The second-order valence-corrected chi connectivity index (χ2v) is 6.48. The van der Waals surface area contributed by atoms with E-state index < -0.39 is 0 Å². The summed E-state index contributed by atoms with van der Waals surface area (Å²) in [4.78, 5) is 26.2. The van der Waals surface area contributed by atoms with Gasteiger partial charge < -0.3 is 10.2 Å². The molecule has 1 aromatic carbocycles. The third kappa shape index (κ3) is 3.56. The number of nitrogens with zero attached hydrogens (tertiary/aromatic N) is 3. The molecule has 7 heteroatoms. The van der Waals surface area contributed by atoms with Crippen LogP contribution in [-0.4, -0.2) is 53.3 Å². The first-order chi connectivity index (χ1) is 12.0. The molecule has 1 saturated heterocycles. The lowest BCUT2D eigenvalue weighted by Gasteiger charge is -2.17. The van der Waals surface area contributed by atoms with Gasteiger partial charge in [-0.1, -0.05) is 18.2 Å². The summed E-state index contributed by atoms with van der Waals surface area (Å²) in [6.45, 7) is 5.99. The average Bonchev–Trinajstić information content (AvgIpc) is 3.14. The number of quaternary nitrogens is 1. The van der Waals surface area contributed by atoms with Crippen molar-refractivity contribution in [2.75, 3.05) is 26.7 Å². The van der Waals surface area contributed by atoms with Gasteiger partial charge in [0.15, 0.2) is 6.54 Å². The Balaban J connectivity index is 1.71. The number of carbonyl (C=O) groups is 2. The Morgan fingerprint density at radius 1 is 1.28 bits per heavy atom. The van der Waals surface area contributed by atoms with E-state index >= 15 is 0 Å². The fourth-order valence-electron chi connectivity index (χ4n) is 3.18. The van der Waals surface area contributed by atoms with Crippen molar-refractivity contribution in [3.63, 3.8) is 0 Å². The van der Waals surface area contributed by atoms with Crippen LogP contribution in [0.3, 0.4) is 0 Å². The van der Waals surface area contributed by atoms with Crippen molar-refractivity contribution in [1.29, 1.82) is 0 Å². The quantitative estimate of drug-likeness (QED) is 0.807. The molecular formula is C18H24N5O2+. The van der Waals surface area contributed by atoms with Gasteiger partial charge >= 0.3 is 6.03 Å². The number of carbonyl (C=O) groups excluding carboxylic acids is 2. The van der Waals surface area contributed by atoms with E-state index in [1.807, 2.05) is 55.9 Å². The molecular weight excluding hydrogens is 318 g/mol. The van der Waals surface area contributed by atoms with Crippen molar-refractivity contribution in [3.8, 4) is 5.69 Å². The Labute approximate surface area is 147 Å². The highest BCUT2D eigenvalue weighted by molar-refractivity contribution is 5.96. The van der Waals surface area contributed by atoms with Crippen LogP contribution in [0.4, 0.5) is 4.79 Å². The molecule has 0 saturated carbocycles. The molecule has 2 heterocycles. The number of amides is 3. The standard InChI is InChI=1S/C18H23N5O2/c1-13-16(14(2)23(20-13)15-7-5-4-6-8-15)11-21(3)12-17(24)22-10-9-19-18(22)25/h4-8H,9-12H2,1-3H3,(H,19,25)/p+1. The van der Waals surface area contributed by atoms with Crippen molar-refractivity contribution in [2.24, 2.45) is 0 Å². The predicted octanol–water partition coefficient (Wildman–Crippen LogP) is 0.0556. The smallest absolute Gasteiger partial charge is 0.324 e. The Morgan fingerprint density at radius 2 is 2.00 bits per heavy atom. The van der Waals surface area contributed by atoms with Gasteiger partial charge in [-0.2, -0.15) is 5.10 Å². The largest absolute Gasteiger partial charge is 0.336 e. The van der Waals surface area contributed by atoms with E-state index in [0.29, 0.717) is 19.6 Å². The molecule has 3 amide bonds. The topological polar surface area (TPSA) is 71.7 Å². The van der Waals surface area contributed by atoms with Gasteiger partial charge in [0, 0.05) is 13.1 Å². The number of aromatic nitrogens is 2. The van der Waals surface area contributed by atoms with Crippen molar-refractivity contribution in [2.45, 2.75) is 20.4 Å². The van der Waals surface area contributed by atoms with Gasteiger partial charge in [-0.05, 0) is 26.0 Å². The van der Waals surface area contributed by atoms with Gasteiger partial charge in [0.1, 0.15) is 6.54 Å². The summed E-state index contributed by atoms with van der Waals surface area (Å²) in [5.41, 5.74) is 4.21. The maximum Gasteiger partial charge on any atom is 0.324 e. The molecule has 1 aliphatic rings. The zero-order valence-electron chi connectivity index (χ0n) is 14.9. The third-order valence-corrected chi connectivity index (χ3v) is 4.53. The summed E-state index contributed by atoms with van der Waals surface area (Å²) in [6, 6.07) is 9.71. The Kier molecular flexibility index (Phi) is 4.85. The summed E-state index contributed by atoms with van der Waals surface area (Å²) in [6.07, 6.45) is 0. The zero-order chi connectivity index (χ0) is 18.0. The number of nitrogens with one attached hydrogen (secondary N) is 2. The maximum atomic E-state index is 12.3. The summed E-state index contributed by atoms with van der Waals surface area (Å²) in [5, 5.41) is 7.30. The van der Waals surface area contributed by atoms with Crippen LogP contribution in [0.2, 0.25) is 0 Å². The van der Waals surface area contributed by atoms with Crippen molar-refractivity contribution in [3.05, 3.63) is 47.3 Å². The molecule has 0 bridgehead atoms. The van der Waals surface area contributed by atoms with Crippen molar-refractivity contribution in [1.82, 2.24) is 20.0 Å². The Morgan fingerprint density at radius 3 is 2.64 bits per heavy atom. The van der Waals surface area contributed by atoms with Gasteiger partial charge in [0.2, 0.25) is 0 Å². The first-order valence-corrected chi connectivity index (χ1v) is 8.47. The SMILES string of the molecule is Cc1nn(-c2ccccc2)c(C)c1C[NH+](C)CC(=O)N1CCNC1=O. The lowest BCUT2D eigenvalue weighted by Crippen LogP contribution is -3.09. The number of benzene rings is 1. The predicted molar refractivity (Wildman–Crippen MR) is 93.6 cm³/mol. The number of urea groups is 1. The number of rotatable bonds is 5. The van der Waals surface area contributed by atoms with E-state index in [1.165, 1.54) is 4.90 Å². The average molecular weight is 342 g/mol. The Bertz CT molecular complexity index is 784. The van der Waals surface area contributed by atoms with Gasteiger partial charge in [-0.15, -0.1) is 0 Å². The minimum atomic E-state index is -0.290. The highest BCUT2D eigenvalue weighted by atomic mass is 16.2. The van der Waals surface area contributed by atoms with E-state index in [-0.39, 0.29) is 18.5 Å². The monoisotopic (exact) mass is 342 g/mol. The van der Waals surface area contributed by atoms with Gasteiger partial charge in [0.05, 0.1) is 29.7 Å². The number of likely N-dealkylation sites (N-methyl/N-ethyl adjacent to an activating group) is 1. The summed E-state index contributed by atoms with van der Waals surface area (Å²) >= 11 is 0. The molecule has 1 aliphatic heterocycles. The van der Waals surface area contributed by atoms with Crippen LogP contribution < -0.4 is 10.2 Å². The molecule has 0 radical (unpaired) electrons. The number of aryl methyl sites for hydroxylation is 1. The Hall–Kier alpha value is -2.67. The molecule has 132 valence electrons. The van der Waals surface area contributed by atoms with Crippen molar-refractivity contribution < 1.29 is 14.5 Å². The lowest BCUT2D eigenvalue weighted by atomic mass is 10.2. The molecule has 1 aromatic heterocycles. The molecule has 2 N–H and O–H groups in total. The molecule has 1 unspecified atom stereocenters. The first kappa shape index (κ1) is 17.2. The van der Waals surface area contributed by atoms with E-state index in [4.69, 9.17) is 0 Å². The molecule has 1 atom stereocenters. The molecule has 7 nitrogen and oxygen atoms in total. The van der Waals surface area contributed by atoms with Crippen LogP contribution in [0, 0.1) is 13.8 Å². The van der Waals surface area contributed by atoms with Gasteiger partial charge in [-0.3, -0.25) is 9.69 Å². The minimum absolute atomic E-state index is 0.141. The fourth-order valence-corrected chi connectivity index (χ4v) is 3.18. The van der Waals surface area contributed by atoms with Crippen LogP contribution in [0.5, 0.6) is 0 Å². The van der Waals surface area contributed by atoms with Crippen LogP contribution in [0.15, 0.2) is 30.3 Å². The highest BCUT2D eigenvalue weighted by Crippen LogP contribution is 2.16. The van der Waals surface area contributed by atoms with E-state index in [0.717, 1.165) is 27.5 Å². The molecule has 0 aliphatic carbocycles. The van der Waals surface area contributed by atoms with Gasteiger partial charge in [-0.25, -0.2) is 9.48 Å². The zero-order valence-corrected chi connectivity index (χ0v) is 14.9.